The number of hydrogen-bond acceptors (Lipinski definition) is 3. The summed E-state index contributed by atoms with van der Waals surface area (Å²) in [5, 5.41) is 8.75. The summed E-state index contributed by atoms with van der Waals surface area (Å²) in [6.45, 7) is 0. The molecule has 0 amide bonds. The normalized spacial score (nSPS) is 11.4. The van der Waals surface area contributed by atoms with E-state index in [2.05, 4.69) is 12.1 Å². The molecule has 0 fully saturated rings. The molecule has 0 spiro atoms. The van der Waals surface area contributed by atoms with Crippen molar-refractivity contribution in [3.63, 3.8) is 0 Å². The van der Waals surface area contributed by atoms with Gasteiger partial charge in [-0.3, -0.25) is 0 Å². The minimum Gasteiger partial charge on any atom is -0.497 e. The van der Waals surface area contributed by atoms with Crippen LogP contribution in [0.25, 0.3) is 0 Å². The maximum atomic E-state index is 8.75. The average molecular weight is 242 g/mol. The Morgan fingerprint density at radius 3 is 3.00 bits per heavy atom. The molecule has 0 saturated heterocycles. The smallest absolute Gasteiger partial charge is 0.119 e. The lowest BCUT2D eigenvalue weighted by Gasteiger charge is -2.05. The van der Waals surface area contributed by atoms with Gasteiger partial charge in [-0.05, 0) is 42.8 Å². The van der Waals surface area contributed by atoms with E-state index in [4.69, 9.17) is 15.7 Å². The van der Waals surface area contributed by atoms with Crippen LogP contribution in [-0.4, -0.2) is 7.11 Å². The summed E-state index contributed by atoms with van der Waals surface area (Å²) in [7, 11) is 1.66. The number of hydrogen-bond donors (Lipinski definition) is 1. The fourth-order valence-electron chi connectivity index (χ4n) is 1.66. The fraction of sp³-hybridized carbons (Fsp3) is 0.267. The van der Waals surface area contributed by atoms with Crippen LogP contribution < -0.4 is 10.5 Å². The molecule has 1 rings (SSSR count). The van der Waals surface area contributed by atoms with Gasteiger partial charge in [0.25, 0.3) is 0 Å². The van der Waals surface area contributed by atoms with Gasteiger partial charge in [-0.15, -0.1) is 0 Å². The zero-order valence-corrected chi connectivity index (χ0v) is 10.6. The van der Waals surface area contributed by atoms with Crippen LogP contribution in [0.4, 0.5) is 0 Å². The van der Waals surface area contributed by atoms with Crippen molar-refractivity contribution in [2.24, 2.45) is 5.73 Å². The van der Waals surface area contributed by atoms with Gasteiger partial charge in [-0.2, -0.15) is 5.26 Å². The predicted molar refractivity (Wildman–Crippen MR) is 73.0 cm³/mol. The molecule has 18 heavy (non-hydrogen) atoms. The molecular formula is C15H18N2O. The number of aryl methyl sites for hydroxylation is 1. The summed E-state index contributed by atoms with van der Waals surface area (Å²) < 4.78 is 5.18. The number of ether oxygens (including phenoxy) is 1. The summed E-state index contributed by atoms with van der Waals surface area (Å²) >= 11 is 0. The average Bonchev–Trinajstić information content (AvgIpc) is 2.42. The van der Waals surface area contributed by atoms with Crippen LogP contribution in [-0.2, 0) is 6.42 Å². The molecule has 0 aromatic heterocycles. The second-order valence-corrected chi connectivity index (χ2v) is 3.90. The van der Waals surface area contributed by atoms with E-state index in [-0.39, 0.29) is 0 Å². The molecule has 0 bridgehead atoms. The van der Waals surface area contributed by atoms with Gasteiger partial charge in [0, 0.05) is 0 Å². The van der Waals surface area contributed by atoms with Gasteiger partial charge < -0.3 is 10.5 Å². The van der Waals surface area contributed by atoms with E-state index in [0.29, 0.717) is 6.42 Å². The summed E-state index contributed by atoms with van der Waals surface area (Å²) in [6.07, 6.45) is 7.33. The Labute approximate surface area is 108 Å². The minimum absolute atomic E-state index is 0.439. The Balaban J connectivity index is 2.64. The zero-order valence-electron chi connectivity index (χ0n) is 10.6. The van der Waals surface area contributed by atoms with Gasteiger partial charge >= 0.3 is 0 Å². The molecule has 1 aromatic carbocycles. The first-order chi connectivity index (χ1) is 8.80. The van der Waals surface area contributed by atoms with Crippen LogP contribution >= 0.6 is 0 Å². The van der Waals surface area contributed by atoms with Crippen molar-refractivity contribution in [1.29, 1.82) is 5.26 Å². The van der Waals surface area contributed by atoms with Crippen molar-refractivity contribution in [2.45, 2.75) is 19.3 Å². The van der Waals surface area contributed by atoms with Gasteiger partial charge in [-0.1, -0.05) is 23.8 Å². The lowest BCUT2D eigenvalue weighted by molar-refractivity contribution is 0.414. The van der Waals surface area contributed by atoms with Crippen molar-refractivity contribution >= 4 is 0 Å². The van der Waals surface area contributed by atoms with Crippen LogP contribution in [0.2, 0.25) is 0 Å². The predicted octanol–water partition coefficient (Wildman–Crippen LogP) is 2.94. The highest BCUT2D eigenvalue weighted by molar-refractivity contribution is 5.29. The maximum Gasteiger partial charge on any atom is 0.119 e. The molecule has 0 aliphatic heterocycles. The molecule has 0 heterocycles. The van der Waals surface area contributed by atoms with E-state index in [0.717, 1.165) is 24.2 Å². The summed E-state index contributed by atoms with van der Waals surface area (Å²) in [5.74, 6) is 0.861. The number of benzene rings is 1. The Morgan fingerprint density at radius 2 is 2.33 bits per heavy atom. The van der Waals surface area contributed by atoms with Gasteiger partial charge in [0.2, 0.25) is 0 Å². The van der Waals surface area contributed by atoms with E-state index >= 15 is 0 Å². The fourth-order valence-corrected chi connectivity index (χ4v) is 1.66. The lowest BCUT2D eigenvalue weighted by atomic mass is 10.0. The van der Waals surface area contributed by atoms with E-state index in [1.165, 1.54) is 11.8 Å². The monoisotopic (exact) mass is 242 g/mol. The molecule has 0 radical (unpaired) electrons. The van der Waals surface area contributed by atoms with Crippen molar-refractivity contribution in [1.82, 2.24) is 0 Å². The van der Waals surface area contributed by atoms with Gasteiger partial charge in [0.15, 0.2) is 0 Å². The van der Waals surface area contributed by atoms with E-state index < -0.39 is 0 Å². The summed E-state index contributed by atoms with van der Waals surface area (Å²) in [4.78, 5) is 0. The summed E-state index contributed by atoms with van der Waals surface area (Å²) in [6, 6.07) is 10.1. The highest BCUT2D eigenvalue weighted by atomic mass is 16.5. The van der Waals surface area contributed by atoms with Crippen LogP contribution in [0, 0.1) is 11.3 Å². The summed E-state index contributed by atoms with van der Waals surface area (Å²) in [5.41, 5.74) is 7.58. The molecule has 3 heteroatoms. The molecule has 0 saturated carbocycles. The van der Waals surface area contributed by atoms with Crippen LogP contribution in [0.15, 0.2) is 48.2 Å². The molecule has 0 atom stereocenters. The number of methoxy groups -OCH3 is 1. The second-order valence-electron chi connectivity index (χ2n) is 3.90. The zero-order chi connectivity index (χ0) is 13.2. The first-order valence-electron chi connectivity index (χ1n) is 5.86. The molecular weight excluding hydrogens is 224 g/mol. The molecule has 3 nitrogen and oxygen atoms in total. The SMILES string of the molecule is COc1cccc(CC/C(=C/C=C\N)CC#N)c1. The minimum atomic E-state index is 0.439. The van der Waals surface area contributed by atoms with E-state index in [1.807, 2.05) is 24.3 Å². The Morgan fingerprint density at radius 1 is 1.50 bits per heavy atom. The molecule has 0 unspecified atom stereocenters. The van der Waals surface area contributed by atoms with E-state index in [1.54, 1.807) is 13.2 Å². The first-order valence-corrected chi connectivity index (χ1v) is 5.86. The van der Waals surface area contributed by atoms with Crippen LogP contribution in [0.1, 0.15) is 18.4 Å². The van der Waals surface area contributed by atoms with Gasteiger partial charge in [-0.25, -0.2) is 0 Å². The van der Waals surface area contributed by atoms with Crippen molar-refractivity contribution in [3.8, 4) is 11.8 Å². The largest absolute Gasteiger partial charge is 0.497 e. The Bertz CT molecular complexity index is 470. The Kier molecular flexibility index (Phi) is 6.13. The van der Waals surface area contributed by atoms with Crippen LogP contribution in [0.5, 0.6) is 5.75 Å². The standard InChI is InChI=1S/C15H18N2O/c1-18-15-6-2-4-14(12-15)8-7-13(9-11-17)5-3-10-16/h2-6,10,12H,7-9,16H2,1H3/b10-3-,13-5-. The third-order valence-electron chi connectivity index (χ3n) is 2.62. The van der Waals surface area contributed by atoms with Crippen molar-refractivity contribution in [2.75, 3.05) is 7.11 Å². The number of nitrogens with two attached hydrogens (primary N) is 1. The van der Waals surface area contributed by atoms with Crippen molar-refractivity contribution in [3.05, 3.63) is 53.8 Å². The molecule has 0 aliphatic carbocycles. The highest BCUT2D eigenvalue weighted by Gasteiger charge is 2.00. The molecule has 0 aliphatic rings. The van der Waals surface area contributed by atoms with Crippen molar-refractivity contribution < 1.29 is 4.74 Å². The quantitative estimate of drug-likeness (QED) is 0.780. The first kappa shape index (κ1) is 13.9. The Hall–Kier alpha value is -2.21. The maximum absolute atomic E-state index is 8.75. The number of nitrogens with zero attached hydrogens (tertiary/aromatic N) is 1. The molecule has 94 valence electrons. The number of rotatable bonds is 6. The molecule has 2 N–H and O–H groups in total. The number of nitriles is 1. The van der Waals surface area contributed by atoms with Gasteiger partial charge in [0.05, 0.1) is 19.6 Å². The third-order valence-corrected chi connectivity index (χ3v) is 2.62. The number of allylic oxidation sites excluding steroid dienone is 3. The lowest BCUT2D eigenvalue weighted by Crippen LogP contribution is -1.91. The second kappa shape index (κ2) is 7.97. The third kappa shape index (κ3) is 4.75. The van der Waals surface area contributed by atoms with E-state index in [9.17, 15) is 0 Å². The topological polar surface area (TPSA) is 59.0 Å². The highest BCUT2D eigenvalue weighted by Crippen LogP contribution is 2.17. The van der Waals surface area contributed by atoms with Gasteiger partial charge in [0.1, 0.15) is 5.75 Å². The van der Waals surface area contributed by atoms with Crippen LogP contribution in [0.3, 0.4) is 0 Å². The molecule has 1 aromatic rings.